The lowest BCUT2D eigenvalue weighted by molar-refractivity contribution is 0.267. The number of phenols is 2. The molecule has 0 bridgehead atoms. The van der Waals surface area contributed by atoms with Crippen molar-refractivity contribution in [3.8, 4) is 28.4 Å². The van der Waals surface area contributed by atoms with Crippen LogP contribution in [0.15, 0.2) is 45.8 Å². The van der Waals surface area contributed by atoms with Gasteiger partial charge in [0.1, 0.15) is 34.5 Å². The van der Waals surface area contributed by atoms with E-state index in [-0.39, 0.29) is 33.6 Å². The molecule has 0 saturated heterocycles. The lowest BCUT2D eigenvalue weighted by atomic mass is 10.0. The molecule has 2 aromatic carbocycles. The minimum atomic E-state index is -0.511. The molecule has 118 valence electrons. The number of aliphatic hydroxyl groups excluding tert-OH is 1. The van der Waals surface area contributed by atoms with Crippen molar-refractivity contribution in [2.75, 3.05) is 7.11 Å². The minimum Gasteiger partial charge on any atom is -0.507 e. The van der Waals surface area contributed by atoms with Crippen LogP contribution >= 0.6 is 0 Å². The smallest absolute Gasteiger partial charge is 0.204 e. The molecule has 3 rings (SSSR count). The highest BCUT2D eigenvalue weighted by Gasteiger charge is 2.20. The summed E-state index contributed by atoms with van der Waals surface area (Å²) in [7, 11) is 1.38. The summed E-state index contributed by atoms with van der Waals surface area (Å²) in [4.78, 5) is 12.7. The number of methoxy groups -OCH3 is 1. The zero-order valence-electron chi connectivity index (χ0n) is 12.2. The second-order valence-corrected chi connectivity index (χ2v) is 4.93. The van der Waals surface area contributed by atoms with Gasteiger partial charge in [-0.25, -0.2) is 0 Å². The molecule has 3 N–H and O–H groups in total. The van der Waals surface area contributed by atoms with E-state index in [0.717, 1.165) is 0 Å². The van der Waals surface area contributed by atoms with Gasteiger partial charge < -0.3 is 24.5 Å². The van der Waals surface area contributed by atoms with E-state index < -0.39 is 17.8 Å². The van der Waals surface area contributed by atoms with Gasteiger partial charge in [0, 0.05) is 11.6 Å². The maximum absolute atomic E-state index is 12.7. The van der Waals surface area contributed by atoms with Crippen LogP contribution in [0.3, 0.4) is 0 Å². The van der Waals surface area contributed by atoms with Gasteiger partial charge in [-0.15, -0.1) is 0 Å². The molecule has 0 saturated carbocycles. The van der Waals surface area contributed by atoms with Gasteiger partial charge in [-0.05, 0) is 6.07 Å². The fourth-order valence-electron chi connectivity index (χ4n) is 2.51. The summed E-state index contributed by atoms with van der Waals surface area (Å²) >= 11 is 0. The van der Waals surface area contributed by atoms with Crippen molar-refractivity contribution in [3.63, 3.8) is 0 Å². The van der Waals surface area contributed by atoms with Crippen LogP contribution in [0.2, 0.25) is 0 Å². The standard InChI is InChI=1S/C17H14O6/c1-22-13-6-14-15(16(20)10(13)7-18)17(21)11(8-23-14)9-4-2-3-5-12(9)19/h2-6,8,18-20H,7H2,1H3. The summed E-state index contributed by atoms with van der Waals surface area (Å²) in [6.07, 6.45) is 1.22. The maximum atomic E-state index is 12.7. The van der Waals surface area contributed by atoms with Crippen LogP contribution in [0.1, 0.15) is 5.56 Å². The molecule has 0 aliphatic rings. The molecule has 0 aliphatic heterocycles. The lowest BCUT2D eigenvalue weighted by Crippen LogP contribution is -2.07. The van der Waals surface area contributed by atoms with Crippen LogP contribution in [0.4, 0.5) is 0 Å². The molecular weight excluding hydrogens is 300 g/mol. The molecule has 0 spiro atoms. The molecule has 6 heteroatoms. The molecule has 3 aromatic rings. The molecule has 0 unspecified atom stereocenters. The van der Waals surface area contributed by atoms with Gasteiger partial charge in [-0.2, -0.15) is 0 Å². The number of ether oxygens (including phenoxy) is 1. The molecule has 0 aliphatic carbocycles. The van der Waals surface area contributed by atoms with Crippen molar-refractivity contribution in [3.05, 3.63) is 52.4 Å². The number of benzene rings is 2. The van der Waals surface area contributed by atoms with Gasteiger partial charge in [0.15, 0.2) is 0 Å². The largest absolute Gasteiger partial charge is 0.507 e. The monoisotopic (exact) mass is 314 g/mol. The van der Waals surface area contributed by atoms with Crippen LogP contribution in [0, 0.1) is 0 Å². The van der Waals surface area contributed by atoms with E-state index in [1.807, 2.05) is 0 Å². The van der Waals surface area contributed by atoms with Crippen molar-refractivity contribution in [1.29, 1.82) is 0 Å². The number of fused-ring (bicyclic) bond motifs is 1. The first-order valence-electron chi connectivity index (χ1n) is 6.82. The van der Waals surface area contributed by atoms with Crippen molar-refractivity contribution < 1.29 is 24.5 Å². The Morgan fingerprint density at radius 1 is 1.17 bits per heavy atom. The van der Waals surface area contributed by atoms with Gasteiger partial charge in [-0.3, -0.25) is 4.79 Å². The molecule has 0 fully saturated rings. The second kappa shape index (κ2) is 5.66. The first-order chi connectivity index (χ1) is 11.1. The molecule has 1 heterocycles. The Kier molecular flexibility index (Phi) is 3.67. The highest BCUT2D eigenvalue weighted by molar-refractivity contribution is 5.90. The predicted molar refractivity (Wildman–Crippen MR) is 83.7 cm³/mol. The van der Waals surface area contributed by atoms with Crippen LogP contribution in [0.25, 0.3) is 22.1 Å². The number of para-hydroxylation sites is 1. The van der Waals surface area contributed by atoms with E-state index in [1.54, 1.807) is 18.2 Å². The van der Waals surface area contributed by atoms with Gasteiger partial charge >= 0.3 is 0 Å². The van der Waals surface area contributed by atoms with Crippen LogP contribution in [-0.4, -0.2) is 22.4 Å². The number of hydrogen-bond acceptors (Lipinski definition) is 6. The highest BCUT2D eigenvalue weighted by atomic mass is 16.5. The van der Waals surface area contributed by atoms with Gasteiger partial charge in [0.2, 0.25) is 5.43 Å². The van der Waals surface area contributed by atoms with Crippen molar-refractivity contribution in [2.45, 2.75) is 6.61 Å². The summed E-state index contributed by atoms with van der Waals surface area (Å²) in [6.45, 7) is -0.495. The maximum Gasteiger partial charge on any atom is 0.204 e. The van der Waals surface area contributed by atoms with E-state index in [9.17, 15) is 20.1 Å². The zero-order valence-corrected chi connectivity index (χ0v) is 12.2. The molecule has 0 radical (unpaired) electrons. The Balaban J connectivity index is 2.38. The number of hydrogen-bond donors (Lipinski definition) is 3. The third-order valence-electron chi connectivity index (χ3n) is 3.68. The lowest BCUT2D eigenvalue weighted by Gasteiger charge is -2.11. The topological polar surface area (TPSA) is 100 Å². The Hall–Kier alpha value is -2.99. The normalized spacial score (nSPS) is 10.9. The van der Waals surface area contributed by atoms with E-state index in [1.165, 1.54) is 25.5 Å². The Morgan fingerprint density at radius 2 is 1.91 bits per heavy atom. The molecule has 0 atom stereocenters. The highest BCUT2D eigenvalue weighted by Crippen LogP contribution is 2.36. The van der Waals surface area contributed by atoms with Gasteiger partial charge in [-0.1, -0.05) is 18.2 Å². The van der Waals surface area contributed by atoms with Crippen LogP contribution in [0.5, 0.6) is 17.2 Å². The molecule has 0 amide bonds. The summed E-state index contributed by atoms with van der Waals surface area (Å²) in [6, 6.07) is 7.75. The van der Waals surface area contributed by atoms with Crippen molar-refractivity contribution in [1.82, 2.24) is 0 Å². The molecular formula is C17H14O6. The van der Waals surface area contributed by atoms with Gasteiger partial charge in [0.05, 0.1) is 24.8 Å². The zero-order chi connectivity index (χ0) is 16.6. The van der Waals surface area contributed by atoms with E-state index in [2.05, 4.69) is 0 Å². The average Bonchev–Trinajstić information content (AvgIpc) is 2.55. The Morgan fingerprint density at radius 3 is 2.57 bits per heavy atom. The summed E-state index contributed by atoms with van der Waals surface area (Å²) < 4.78 is 10.5. The van der Waals surface area contributed by atoms with E-state index >= 15 is 0 Å². The Bertz CT molecular complexity index is 942. The SMILES string of the molecule is COc1cc2occ(-c3ccccc3O)c(=O)c2c(O)c1CO. The van der Waals surface area contributed by atoms with Crippen LogP contribution in [-0.2, 0) is 6.61 Å². The third kappa shape index (κ3) is 2.29. The quantitative estimate of drug-likeness (QED) is 0.686. The van der Waals surface area contributed by atoms with Gasteiger partial charge in [0.25, 0.3) is 0 Å². The van der Waals surface area contributed by atoms with Crippen LogP contribution < -0.4 is 10.2 Å². The minimum absolute atomic E-state index is 0.0735. The predicted octanol–water partition coefficient (Wildman–Crippen LogP) is 2.37. The Labute approximate surface area is 130 Å². The number of rotatable bonds is 3. The number of aliphatic hydroxyl groups is 1. The molecule has 1 aromatic heterocycles. The molecule has 23 heavy (non-hydrogen) atoms. The fourth-order valence-corrected chi connectivity index (χ4v) is 2.51. The second-order valence-electron chi connectivity index (χ2n) is 4.93. The van der Waals surface area contributed by atoms with E-state index in [0.29, 0.717) is 5.56 Å². The third-order valence-corrected chi connectivity index (χ3v) is 3.68. The first kappa shape index (κ1) is 14.9. The average molecular weight is 314 g/mol. The number of phenolic OH excluding ortho intramolecular Hbond substituents is 1. The summed E-state index contributed by atoms with van der Waals surface area (Å²) in [5, 5.41) is 29.6. The van der Waals surface area contributed by atoms with E-state index in [4.69, 9.17) is 9.15 Å². The first-order valence-corrected chi connectivity index (χ1v) is 6.82. The molecule has 6 nitrogen and oxygen atoms in total. The van der Waals surface area contributed by atoms with Crippen molar-refractivity contribution >= 4 is 11.0 Å². The fraction of sp³-hybridized carbons (Fsp3) is 0.118. The van der Waals surface area contributed by atoms with Crippen molar-refractivity contribution in [2.24, 2.45) is 0 Å². The number of aromatic hydroxyl groups is 2. The summed E-state index contributed by atoms with van der Waals surface area (Å²) in [5.41, 5.74) is 0.119. The summed E-state index contributed by atoms with van der Waals surface area (Å²) in [5.74, 6) is -0.252.